The van der Waals surface area contributed by atoms with Crippen LogP contribution in [0.2, 0.25) is 0 Å². The van der Waals surface area contributed by atoms with Crippen LogP contribution < -0.4 is 0 Å². The van der Waals surface area contributed by atoms with Crippen molar-refractivity contribution in [2.24, 2.45) is 0 Å². The maximum absolute atomic E-state index is 9.74. The van der Waals surface area contributed by atoms with Crippen molar-refractivity contribution in [2.45, 2.75) is 20.8 Å². The SMILES string of the molecule is Cc1cc(/C=C(\C#N)c2ccc(C#N)s2)sc1-c1cc(C)c(-c2sc(/C=C(\C#N)c3ccc(C#N)s3)cc2C)s1. The van der Waals surface area contributed by atoms with Gasteiger partial charge in [0.15, 0.2) is 0 Å². The molecule has 0 N–H and O–H groups in total. The van der Waals surface area contributed by atoms with E-state index in [2.05, 4.69) is 63.2 Å². The zero-order valence-corrected chi connectivity index (χ0v) is 25.6. The second kappa shape index (κ2) is 11.6. The minimum Gasteiger partial charge on any atom is -0.192 e. The fraction of sp³-hybridized carbons (Fsp3) is 0.0968. The Morgan fingerprint density at radius 3 is 1.50 bits per heavy atom. The first kappa shape index (κ1) is 27.5. The van der Waals surface area contributed by atoms with Gasteiger partial charge in [-0.3, -0.25) is 0 Å². The van der Waals surface area contributed by atoms with Crippen LogP contribution >= 0.6 is 56.7 Å². The molecule has 0 bridgehead atoms. The standard InChI is InChI=1S/C31H18N4S5/c1-17-8-24(11-20(13-32)26-6-4-22(15-34)36-26)38-29(17)28-10-19(3)31(40-28)30-18(2)9-25(39-30)12-21(14-33)27-7-5-23(16-35)37-27/h4-12H,1-3H3/b20-11+,21-12+. The maximum atomic E-state index is 9.74. The smallest absolute Gasteiger partial charge is 0.110 e. The van der Waals surface area contributed by atoms with E-state index in [1.54, 1.807) is 46.1 Å². The summed E-state index contributed by atoms with van der Waals surface area (Å²) in [5.41, 5.74) is 4.62. The van der Waals surface area contributed by atoms with Gasteiger partial charge >= 0.3 is 0 Å². The van der Waals surface area contributed by atoms with E-state index >= 15 is 0 Å². The van der Waals surface area contributed by atoms with Crippen LogP contribution in [0.15, 0.2) is 42.5 Å². The first-order chi connectivity index (χ1) is 19.3. The molecule has 0 amide bonds. The van der Waals surface area contributed by atoms with Gasteiger partial charge in [-0.25, -0.2) is 0 Å². The van der Waals surface area contributed by atoms with Crippen molar-refractivity contribution in [1.29, 1.82) is 21.0 Å². The minimum atomic E-state index is 0.556. The molecule has 4 nitrogen and oxygen atoms in total. The maximum Gasteiger partial charge on any atom is 0.110 e. The van der Waals surface area contributed by atoms with Gasteiger partial charge in [-0.1, -0.05) is 0 Å². The van der Waals surface area contributed by atoms with Gasteiger partial charge in [0.2, 0.25) is 0 Å². The summed E-state index contributed by atoms with van der Waals surface area (Å²) in [5.74, 6) is 0. The number of hydrogen-bond donors (Lipinski definition) is 0. The average molecular weight is 607 g/mol. The molecule has 0 spiro atoms. The molecule has 5 aromatic rings. The molecule has 0 aliphatic heterocycles. The molecule has 0 aromatic carbocycles. The largest absolute Gasteiger partial charge is 0.192 e. The monoisotopic (exact) mass is 606 g/mol. The summed E-state index contributed by atoms with van der Waals surface area (Å²) in [6, 6.07) is 22.4. The van der Waals surface area contributed by atoms with E-state index in [-0.39, 0.29) is 0 Å². The van der Waals surface area contributed by atoms with E-state index in [0.717, 1.165) is 30.6 Å². The van der Waals surface area contributed by atoms with Gasteiger partial charge in [0.25, 0.3) is 0 Å². The van der Waals surface area contributed by atoms with Crippen molar-refractivity contribution < 1.29 is 0 Å². The third kappa shape index (κ3) is 5.48. The highest BCUT2D eigenvalue weighted by Crippen LogP contribution is 2.46. The molecule has 0 unspecified atom stereocenters. The lowest BCUT2D eigenvalue weighted by atomic mass is 10.1. The Kier molecular flexibility index (Phi) is 7.97. The van der Waals surface area contributed by atoms with Gasteiger partial charge < -0.3 is 0 Å². The molecular formula is C31H18N4S5. The van der Waals surface area contributed by atoms with Crippen LogP contribution in [0.1, 0.15) is 46.0 Å². The van der Waals surface area contributed by atoms with Gasteiger partial charge in [0, 0.05) is 39.0 Å². The molecule has 192 valence electrons. The zero-order chi connectivity index (χ0) is 28.4. The molecule has 0 saturated heterocycles. The molecule has 40 heavy (non-hydrogen) atoms. The first-order valence-electron chi connectivity index (χ1n) is 11.9. The van der Waals surface area contributed by atoms with E-state index < -0.39 is 0 Å². The van der Waals surface area contributed by atoms with Crippen LogP contribution in [-0.4, -0.2) is 0 Å². The molecule has 5 heterocycles. The Bertz CT molecular complexity index is 1990. The van der Waals surface area contributed by atoms with Gasteiger partial charge in [-0.15, -0.1) is 56.7 Å². The molecule has 5 aromatic heterocycles. The number of nitrogens with zero attached hydrogens (tertiary/aromatic N) is 4. The predicted molar refractivity (Wildman–Crippen MR) is 170 cm³/mol. The Labute approximate surface area is 252 Å². The van der Waals surface area contributed by atoms with E-state index in [4.69, 9.17) is 10.5 Å². The van der Waals surface area contributed by atoms with Crippen molar-refractivity contribution in [3.8, 4) is 43.8 Å². The Morgan fingerprint density at radius 2 is 1.02 bits per heavy atom. The number of hydrogen-bond acceptors (Lipinski definition) is 9. The van der Waals surface area contributed by atoms with Crippen molar-refractivity contribution in [3.05, 3.63) is 88.4 Å². The molecular weight excluding hydrogens is 589 g/mol. The van der Waals surface area contributed by atoms with E-state index in [0.29, 0.717) is 20.9 Å². The fourth-order valence-electron chi connectivity index (χ4n) is 4.13. The molecule has 5 rings (SSSR count). The number of rotatable bonds is 6. The Balaban J connectivity index is 1.46. The van der Waals surface area contributed by atoms with Crippen molar-refractivity contribution in [2.75, 3.05) is 0 Å². The summed E-state index contributed by atoms with van der Waals surface area (Å²) in [6.07, 6.45) is 3.80. The van der Waals surface area contributed by atoms with Crippen molar-refractivity contribution in [1.82, 2.24) is 0 Å². The summed E-state index contributed by atoms with van der Waals surface area (Å²) in [7, 11) is 0. The molecule has 9 heteroatoms. The van der Waals surface area contributed by atoms with Crippen molar-refractivity contribution in [3.63, 3.8) is 0 Å². The summed E-state index contributed by atoms with van der Waals surface area (Å²) in [4.78, 5) is 9.53. The zero-order valence-electron chi connectivity index (χ0n) is 21.5. The van der Waals surface area contributed by atoms with Crippen molar-refractivity contribution >= 4 is 80.0 Å². The summed E-state index contributed by atoms with van der Waals surface area (Å²) >= 11 is 7.74. The summed E-state index contributed by atoms with van der Waals surface area (Å²) in [5, 5.41) is 37.7. The normalized spacial score (nSPS) is 11.6. The highest BCUT2D eigenvalue weighted by Gasteiger charge is 2.18. The second-order valence-corrected chi connectivity index (χ2v) is 14.2. The summed E-state index contributed by atoms with van der Waals surface area (Å²) < 4.78 is 0. The highest BCUT2D eigenvalue weighted by molar-refractivity contribution is 7.27. The van der Waals surface area contributed by atoms with Crippen LogP contribution in [0.25, 0.3) is 42.8 Å². The minimum absolute atomic E-state index is 0.556. The third-order valence-electron chi connectivity index (χ3n) is 6.00. The van der Waals surface area contributed by atoms with Gasteiger partial charge in [0.05, 0.1) is 11.1 Å². The molecule has 0 atom stereocenters. The average Bonchev–Trinajstić information content (AvgIpc) is 3.77. The molecule has 0 fully saturated rings. The number of aryl methyl sites for hydroxylation is 3. The molecule has 0 aliphatic carbocycles. The lowest BCUT2D eigenvalue weighted by molar-refractivity contribution is 1.50. The van der Waals surface area contributed by atoms with Crippen LogP contribution in [0.3, 0.4) is 0 Å². The van der Waals surface area contributed by atoms with Crippen LogP contribution in [0, 0.1) is 66.1 Å². The van der Waals surface area contributed by atoms with Crippen LogP contribution in [0.5, 0.6) is 0 Å². The van der Waals surface area contributed by atoms with Gasteiger partial charge in [-0.05, 0) is 92.1 Å². The lowest BCUT2D eigenvalue weighted by Gasteiger charge is -1.97. The number of nitriles is 4. The van der Waals surface area contributed by atoms with E-state index in [1.807, 2.05) is 24.3 Å². The second-order valence-electron chi connectivity index (χ2n) is 8.84. The number of thiophene rings is 5. The van der Waals surface area contributed by atoms with Gasteiger partial charge in [0.1, 0.15) is 34.0 Å². The predicted octanol–water partition coefficient (Wildman–Crippen LogP) is 10.1. The first-order valence-corrected chi connectivity index (χ1v) is 16.0. The quantitative estimate of drug-likeness (QED) is 0.180. The van der Waals surface area contributed by atoms with E-state index in [9.17, 15) is 10.5 Å². The topological polar surface area (TPSA) is 95.2 Å². The van der Waals surface area contributed by atoms with Crippen LogP contribution in [0.4, 0.5) is 0 Å². The number of allylic oxidation sites excluding steroid dienone is 2. The van der Waals surface area contributed by atoms with E-state index in [1.165, 1.54) is 47.7 Å². The fourth-order valence-corrected chi connectivity index (χ4v) is 9.50. The van der Waals surface area contributed by atoms with Crippen LogP contribution in [-0.2, 0) is 0 Å². The molecule has 0 saturated carbocycles. The Hall–Kier alpha value is -4.06. The lowest BCUT2D eigenvalue weighted by Crippen LogP contribution is -1.73. The highest BCUT2D eigenvalue weighted by atomic mass is 32.1. The van der Waals surface area contributed by atoms with Gasteiger partial charge in [-0.2, -0.15) is 21.0 Å². The molecule has 0 aliphatic rings. The Morgan fingerprint density at radius 1 is 0.575 bits per heavy atom. The summed E-state index contributed by atoms with van der Waals surface area (Å²) in [6.45, 7) is 6.31. The third-order valence-corrected chi connectivity index (χ3v) is 12.0. The molecule has 0 radical (unpaired) electrons.